The number of rotatable bonds is 12. The summed E-state index contributed by atoms with van der Waals surface area (Å²) in [5, 5.41) is 19.1. The van der Waals surface area contributed by atoms with Crippen LogP contribution in [0, 0.1) is 11.3 Å². The molecular formula is C22H32FNO5Si. The van der Waals surface area contributed by atoms with E-state index in [-0.39, 0.29) is 12.5 Å². The number of carboxylic acids is 1. The zero-order valence-corrected chi connectivity index (χ0v) is 19.4. The van der Waals surface area contributed by atoms with Crippen molar-refractivity contribution in [2.24, 2.45) is 0 Å². The van der Waals surface area contributed by atoms with E-state index in [1.807, 2.05) is 19.9 Å². The lowest BCUT2D eigenvalue weighted by molar-refractivity contribution is -0.149. The van der Waals surface area contributed by atoms with Gasteiger partial charge in [-0.15, -0.1) is 0 Å². The molecule has 0 aliphatic heterocycles. The van der Waals surface area contributed by atoms with Gasteiger partial charge < -0.3 is 14.3 Å². The summed E-state index contributed by atoms with van der Waals surface area (Å²) in [4.78, 5) is 23.7. The van der Waals surface area contributed by atoms with Gasteiger partial charge >= 0.3 is 11.9 Å². The van der Waals surface area contributed by atoms with E-state index in [2.05, 4.69) is 0 Å². The van der Waals surface area contributed by atoms with Crippen molar-refractivity contribution in [2.75, 3.05) is 0 Å². The lowest BCUT2D eigenvalue weighted by Crippen LogP contribution is -2.45. The highest BCUT2D eigenvalue weighted by Crippen LogP contribution is 2.34. The van der Waals surface area contributed by atoms with Crippen molar-refractivity contribution in [3.63, 3.8) is 0 Å². The van der Waals surface area contributed by atoms with Crippen LogP contribution < -0.4 is 4.43 Å². The smallest absolute Gasteiger partial charge is 0.308 e. The normalized spacial score (nSPS) is 15.4. The predicted molar refractivity (Wildman–Crippen MR) is 114 cm³/mol. The third-order valence-electron chi connectivity index (χ3n) is 5.10. The topological polar surface area (TPSA) is 96.6 Å². The Bertz CT molecular complexity index is 762. The number of hydrogen-bond donors (Lipinski definition) is 1. The van der Waals surface area contributed by atoms with Crippen molar-refractivity contribution < 1.29 is 28.2 Å². The number of carbonyl (C=O) groups is 2. The van der Waals surface area contributed by atoms with Crippen LogP contribution >= 0.6 is 0 Å². The molecule has 3 atom stereocenters. The second-order valence-corrected chi connectivity index (χ2v) is 12.2. The first-order valence-corrected chi connectivity index (χ1v) is 13.2. The number of hydrogen-bond acceptors (Lipinski definition) is 5. The van der Waals surface area contributed by atoms with Crippen LogP contribution in [0.25, 0.3) is 0 Å². The third-order valence-corrected chi connectivity index (χ3v) is 7.66. The monoisotopic (exact) mass is 437 g/mol. The van der Waals surface area contributed by atoms with E-state index in [1.165, 1.54) is 0 Å². The Hall–Kier alpha value is -2.40. The van der Waals surface area contributed by atoms with Gasteiger partial charge in [-0.25, -0.2) is 4.39 Å². The Kier molecular flexibility index (Phi) is 9.50. The maximum Gasteiger partial charge on any atom is 0.308 e. The molecule has 0 aliphatic carbocycles. The van der Waals surface area contributed by atoms with Crippen molar-refractivity contribution in [1.29, 1.82) is 5.26 Å². The Balaban J connectivity index is 3.13. The van der Waals surface area contributed by atoms with Crippen LogP contribution in [0.4, 0.5) is 4.39 Å². The Morgan fingerprint density at radius 2 is 1.83 bits per heavy atom. The number of aliphatic carboxylic acids is 1. The van der Waals surface area contributed by atoms with Crippen LogP contribution in [0.5, 0.6) is 5.75 Å². The molecular weight excluding hydrogens is 405 g/mol. The van der Waals surface area contributed by atoms with Gasteiger partial charge in [-0.05, 0) is 50.6 Å². The van der Waals surface area contributed by atoms with Crippen LogP contribution in [-0.4, -0.2) is 37.3 Å². The van der Waals surface area contributed by atoms with Crippen molar-refractivity contribution >= 4 is 20.3 Å². The molecule has 1 rings (SSSR count). The SMILES string of the molecule is CCCC(F)[Si](C)(C)Oc1ccc(C(C#N)(CC(=O)O)CC(=O)OC(C)CC)cc1. The van der Waals surface area contributed by atoms with Crippen LogP contribution in [-0.2, 0) is 19.7 Å². The summed E-state index contributed by atoms with van der Waals surface area (Å²) in [6.07, 6.45) is 0.548. The molecule has 3 unspecified atom stereocenters. The first-order valence-electron chi connectivity index (χ1n) is 10.3. The fourth-order valence-electron chi connectivity index (χ4n) is 3.07. The number of nitrogens with zero attached hydrogens (tertiary/aromatic N) is 1. The third kappa shape index (κ3) is 7.13. The molecule has 0 aromatic heterocycles. The number of nitriles is 1. The number of alkyl halides is 1. The number of carboxylic acid groups (broad SMARTS) is 1. The molecule has 6 nitrogen and oxygen atoms in total. The van der Waals surface area contributed by atoms with Crippen molar-refractivity contribution in [3.05, 3.63) is 29.8 Å². The molecule has 0 aliphatic rings. The summed E-state index contributed by atoms with van der Waals surface area (Å²) in [6, 6.07) is 8.33. The van der Waals surface area contributed by atoms with E-state index in [0.29, 0.717) is 24.2 Å². The molecule has 0 saturated carbocycles. The van der Waals surface area contributed by atoms with Gasteiger partial charge in [0.1, 0.15) is 17.0 Å². The summed E-state index contributed by atoms with van der Waals surface area (Å²) in [7, 11) is -2.62. The Morgan fingerprint density at radius 3 is 2.30 bits per heavy atom. The van der Waals surface area contributed by atoms with Gasteiger partial charge in [0, 0.05) is 0 Å². The van der Waals surface area contributed by atoms with E-state index >= 15 is 0 Å². The second-order valence-electron chi connectivity index (χ2n) is 8.14. The molecule has 0 heterocycles. The number of benzene rings is 1. The molecule has 30 heavy (non-hydrogen) atoms. The zero-order chi connectivity index (χ0) is 22.9. The zero-order valence-electron chi connectivity index (χ0n) is 18.4. The fourth-order valence-corrected chi connectivity index (χ4v) is 4.93. The fraction of sp³-hybridized carbons (Fsp3) is 0.591. The number of carbonyl (C=O) groups excluding carboxylic acids is 1. The van der Waals surface area contributed by atoms with Gasteiger partial charge in [0.25, 0.3) is 8.32 Å². The second kappa shape index (κ2) is 11.1. The van der Waals surface area contributed by atoms with Crippen LogP contribution in [0.2, 0.25) is 13.1 Å². The molecule has 166 valence electrons. The largest absolute Gasteiger partial charge is 0.541 e. The van der Waals surface area contributed by atoms with Gasteiger partial charge in [0.15, 0.2) is 0 Å². The quantitative estimate of drug-likeness (QED) is 0.368. The number of esters is 1. The first-order chi connectivity index (χ1) is 14.0. The summed E-state index contributed by atoms with van der Waals surface area (Å²) < 4.78 is 25.6. The lowest BCUT2D eigenvalue weighted by Gasteiger charge is -2.28. The van der Waals surface area contributed by atoms with Crippen molar-refractivity contribution in [2.45, 2.75) is 83.3 Å². The average Bonchev–Trinajstić information content (AvgIpc) is 2.67. The molecule has 0 fully saturated rings. The van der Waals surface area contributed by atoms with Crippen LogP contribution in [0.15, 0.2) is 24.3 Å². The van der Waals surface area contributed by atoms with Gasteiger partial charge in [0.05, 0.1) is 25.0 Å². The van der Waals surface area contributed by atoms with E-state index in [1.54, 1.807) is 44.3 Å². The van der Waals surface area contributed by atoms with E-state index in [4.69, 9.17) is 9.16 Å². The van der Waals surface area contributed by atoms with Gasteiger partial charge in [-0.2, -0.15) is 5.26 Å². The maximum absolute atomic E-state index is 14.4. The minimum atomic E-state index is -2.62. The lowest BCUT2D eigenvalue weighted by atomic mass is 9.76. The average molecular weight is 438 g/mol. The highest BCUT2D eigenvalue weighted by Gasteiger charge is 2.39. The van der Waals surface area contributed by atoms with E-state index in [9.17, 15) is 24.3 Å². The molecule has 8 heteroatoms. The van der Waals surface area contributed by atoms with Crippen molar-refractivity contribution in [1.82, 2.24) is 0 Å². The highest BCUT2D eigenvalue weighted by molar-refractivity contribution is 6.73. The molecule has 0 radical (unpaired) electrons. The molecule has 0 amide bonds. The highest BCUT2D eigenvalue weighted by atomic mass is 28.4. The molecule has 1 aromatic rings. The summed E-state index contributed by atoms with van der Waals surface area (Å²) in [5.74, 6) is -2.37. The van der Waals surface area contributed by atoms with Gasteiger partial charge in [-0.1, -0.05) is 32.4 Å². The Labute approximate surface area is 179 Å². The molecule has 0 bridgehead atoms. The minimum absolute atomic E-state index is 0.321. The molecule has 0 saturated heterocycles. The Morgan fingerprint density at radius 1 is 1.23 bits per heavy atom. The molecule has 1 N–H and O–H groups in total. The van der Waals surface area contributed by atoms with E-state index in [0.717, 1.165) is 6.42 Å². The number of halogens is 1. The van der Waals surface area contributed by atoms with Gasteiger partial charge in [-0.3, -0.25) is 9.59 Å². The standard InChI is InChI=1S/C22H32FNO5Si/c1-6-8-19(23)30(4,5)29-18-11-9-17(10-12-18)22(15-24,13-20(25)26)14-21(27)28-16(3)7-2/h9-12,16,19H,6-8,13-14H2,1-5H3,(H,25,26). The summed E-state index contributed by atoms with van der Waals surface area (Å²) >= 11 is 0. The predicted octanol–water partition coefficient (Wildman–Crippen LogP) is 4.92. The van der Waals surface area contributed by atoms with Crippen LogP contribution in [0.3, 0.4) is 0 Å². The summed E-state index contributed by atoms with van der Waals surface area (Å²) in [5.41, 5.74) is -1.18. The molecule has 0 spiro atoms. The first kappa shape index (κ1) is 25.6. The van der Waals surface area contributed by atoms with Crippen molar-refractivity contribution in [3.8, 4) is 11.8 Å². The summed E-state index contributed by atoms with van der Waals surface area (Å²) in [6.45, 7) is 9.12. The molecule has 1 aromatic carbocycles. The van der Waals surface area contributed by atoms with Gasteiger partial charge in [0.2, 0.25) is 0 Å². The minimum Gasteiger partial charge on any atom is -0.541 e. The van der Waals surface area contributed by atoms with Crippen LogP contribution in [0.1, 0.15) is 58.4 Å². The number of ether oxygens (including phenoxy) is 1. The maximum atomic E-state index is 14.4. The van der Waals surface area contributed by atoms with E-state index < -0.39 is 37.9 Å².